The molecule has 8 aromatic rings. The first-order valence-electron chi connectivity index (χ1n) is 18.4. The molecule has 4 aromatic heterocycles. The van der Waals surface area contributed by atoms with E-state index in [1.54, 1.807) is 6.20 Å². The zero-order valence-electron chi connectivity index (χ0n) is 32.1. The molecular formula is C47H45N5OPt-2. The number of fused-ring (bicyclic) bond motifs is 4. The van der Waals surface area contributed by atoms with Gasteiger partial charge in [-0.05, 0) is 75.8 Å². The third-order valence-corrected chi connectivity index (χ3v) is 9.82. The summed E-state index contributed by atoms with van der Waals surface area (Å²) in [6, 6.07) is 41.0. The van der Waals surface area contributed by atoms with Gasteiger partial charge >= 0.3 is 0 Å². The molecule has 0 saturated heterocycles. The molecule has 0 saturated carbocycles. The molecule has 54 heavy (non-hydrogen) atoms. The Morgan fingerprint density at radius 3 is 2.22 bits per heavy atom. The number of para-hydroxylation sites is 2. The summed E-state index contributed by atoms with van der Waals surface area (Å²) in [5, 5.41) is 2.25. The predicted octanol–water partition coefficient (Wildman–Crippen LogP) is 10.8. The summed E-state index contributed by atoms with van der Waals surface area (Å²) in [4.78, 5) is 9.59. The maximum absolute atomic E-state index is 6.53. The van der Waals surface area contributed by atoms with Gasteiger partial charge in [0.15, 0.2) is 0 Å². The number of benzene rings is 4. The predicted molar refractivity (Wildman–Crippen MR) is 214 cm³/mol. The first-order chi connectivity index (χ1) is 25.3. The molecule has 6 nitrogen and oxygen atoms in total. The van der Waals surface area contributed by atoms with Gasteiger partial charge in [-0.3, -0.25) is 14.1 Å². The molecule has 0 aliphatic rings. The van der Waals surface area contributed by atoms with Crippen LogP contribution in [0.5, 0.6) is 11.5 Å². The van der Waals surface area contributed by atoms with Crippen LogP contribution >= 0.6 is 0 Å². The zero-order chi connectivity index (χ0) is 37.1. The quantitative estimate of drug-likeness (QED) is 0.118. The largest absolute Gasteiger partial charge is 0.522 e. The van der Waals surface area contributed by atoms with E-state index in [1.165, 1.54) is 16.7 Å². The van der Waals surface area contributed by atoms with E-state index in [0.717, 1.165) is 50.8 Å². The Hall–Kier alpha value is -5.06. The number of imidazole rings is 1. The van der Waals surface area contributed by atoms with Gasteiger partial charge < -0.3 is 9.30 Å². The first kappa shape index (κ1) is 37.3. The van der Waals surface area contributed by atoms with Gasteiger partial charge in [-0.1, -0.05) is 121 Å². The third-order valence-electron chi connectivity index (χ3n) is 9.82. The number of rotatable bonds is 7. The van der Waals surface area contributed by atoms with Gasteiger partial charge in [0, 0.05) is 38.5 Å². The van der Waals surface area contributed by atoms with Crippen LogP contribution in [0.4, 0.5) is 0 Å². The smallest absolute Gasteiger partial charge is 0.269 e. The van der Waals surface area contributed by atoms with Crippen molar-refractivity contribution >= 4 is 32.8 Å². The fourth-order valence-corrected chi connectivity index (χ4v) is 7.05. The summed E-state index contributed by atoms with van der Waals surface area (Å²) in [6.45, 7) is 17.9. The van der Waals surface area contributed by atoms with Crippen molar-refractivity contribution in [3.63, 3.8) is 0 Å². The van der Waals surface area contributed by atoms with Gasteiger partial charge in [0.05, 0.1) is 22.5 Å². The summed E-state index contributed by atoms with van der Waals surface area (Å²) < 4.78 is 12.8. The molecule has 7 heteroatoms. The molecule has 8 rings (SSSR count). The molecule has 0 bridgehead atoms. The van der Waals surface area contributed by atoms with Crippen LogP contribution in [-0.4, -0.2) is 19.1 Å². The van der Waals surface area contributed by atoms with Gasteiger partial charge in [0.1, 0.15) is 5.82 Å². The van der Waals surface area contributed by atoms with Crippen molar-refractivity contribution in [3.05, 3.63) is 145 Å². The number of pyridine rings is 2. The Kier molecular flexibility index (Phi) is 9.87. The van der Waals surface area contributed by atoms with Gasteiger partial charge in [0.25, 0.3) is 6.33 Å². The molecule has 0 fully saturated rings. The molecule has 0 radical (unpaired) electrons. The molecule has 0 amide bonds. The number of aromatic nitrogens is 5. The molecule has 4 aromatic carbocycles. The van der Waals surface area contributed by atoms with Crippen molar-refractivity contribution in [2.45, 2.75) is 72.6 Å². The standard InChI is InChI=1S/C47H45N5O.Pt/c1-31(2)24-32-12-11-13-35(25-32)50-30-51(42-15-10-9-14-41(42)50)44-29-37(21-23-48-44)53-36-17-18-38-39-26-33(46(3,4)5)16-19-40(39)52(43(38)28-36)45-27-34(20-22-49-45)47(6,7)8;/h9-23,25-27,31H,24H2,1-8H3;/q-2;. The Balaban J connectivity index is 0.00000450. The average molecular weight is 891 g/mol. The van der Waals surface area contributed by atoms with E-state index in [9.17, 15) is 0 Å². The molecule has 0 spiro atoms. The number of hydrogen-bond donors (Lipinski definition) is 0. The van der Waals surface area contributed by atoms with E-state index in [-0.39, 0.29) is 31.9 Å². The first-order valence-corrected chi connectivity index (χ1v) is 18.4. The van der Waals surface area contributed by atoms with E-state index in [4.69, 9.17) is 14.7 Å². The second-order valence-electron chi connectivity index (χ2n) is 16.4. The summed E-state index contributed by atoms with van der Waals surface area (Å²) in [5.41, 5.74) is 8.82. The van der Waals surface area contributed by atoms with Crippen molar-refractivity contribution in [2.24, 2.45) is 5.92 Å². The molecule has 276 valence electrons. The van der Waals surface area contributed by atoms with Gasteiger partial charge in [-0.25, -0.2) is 4.98 Å². The van der Waals surface area contributed by atoms with Crippen molar-refractivity contribution in [3.8, 4) is 28.8 Å². The minimum atomic E-state index is -0.0255. The fraction of sp³-hybridized carbons (Fsp3) is 0.255. The van der Waals surface area contributed by atoms with E-state index >= 15 is 0 Å². The van der Waals surface area contributed by atoms with Crippen LogP contribution in [0.2, 0.25) is 0 Å². The average Bonchev–Trinajstić information content (AvgIpc) is 3.67. The molecular weight excluding hydrogens is 846 g/mol. The number of ether oxygens (including phenoxy) is 1. The van der Waals surface area contributed by atoms with E-state index in [2.05, 4.69) is 162 Å². The molecule has 0 aliphatic carbocycles. The Labute approximate surface area is 332 Å². The molecule has 0 atom stereocenters. The van der Waals surface area contributed by atoms with Crippen LogP contribution < -0.4 is 9.30 Å². The van der Waals surface area contributed by atoms with Gasteiger partial charge in [-0.2, -0.15) is 18.2 Å². The molecule has 4 heterocycles. The van der Waals surface area contributed by atoms with Gasteiger partial charge in [0.2, 0.25) is 0 Å². The molecule has 0 unspecified atom stereocenters. The Morgan fingerprint density at radius 1 is 0.704 bits per heavy atom. The SMILES string of the molecule is CC(C)Cc1cccc(-[n+]2[c-]n(-c3[c-]c(Oc4[c-]c5c(cc4)c4cc(C(C)(C)C)ccc4n5-c4cc(C(C)(C)C)ccn4)ccn3)c3ccccc32)c1.[Pt]. The second kappa shape index (κ2) is 14.3. The topological polar surface area (TPSA) is 48.8 Å². The normalized spacial score (nSPS) is 12.2. The summed E-state index contributed by atoms with van der Waals surface area (Å²) in [7, 11) is 0. The van der Waals surface area contributed by atoms with Crippen molar-refractivity contribution in [2.75, 3.05) is 0 Å². The summed E-state index contributed by atoms with van der Waals surface area (Å²) in [5.74, 6) is 3.12. The maximum Gasteiger partial charge on any atom is 0.269 e. The van der Waals surface area contributed by atoms with Crippen LogP contribution in [0.15, 0.2) is 109 Å². The van der Waals surface area contributed by atoms with E-state index in [0.29, 0.717) is 23.2 Å². The maximum atomic E-state index is 6.53. The minimum absolute atomic E-state index is 0. The van der Waals surface area contributed by atoms with Crippen molar-refractivity contribution < 1.29 is 30.4 Å². The third kappa shape index (κ3) is 7.12. The Bertz CT molecular complexity index is 2640. The van der Waals surface area contributed by atoms with Crippen LogP contribution in [0.3, 0.4) is 0 Å². The number of hydrogen-bond acceptors (Lipinski definition) is 3. The van der Waals surface area contributed by atoms with Crippen LogP contribution in [0.25, 0.3) is 50.2 Å². The van der Waals surface area contributed by atoms with Crippen molar-refractivity contribution in [1.29, 1.82) is 0 Å². The summed E-state index contributed by atoms with van der Waals surface area (Å²) >= 11 is 0. The van der Waals surface area contributed by atoms with Crippen LogP contribution in [0, 0.1) is 24.4 Å². The minimum Gasteiger partial charge on any atom is -0.522 e. The zero-order valence-corrected chi connectivity index (χ0v) is 34.4. The summed E-state index contributed by atoms with van der Waals surface area (Å²) in [6.07, 6.45) is 8.23. The second-order valence-corrected chi connectivity index (χ2v) is 16.4. The van der Waals surface area contributed by atoms with Gasteiger partial charge in [-0.15, -0.1) is 17.5 Å². The monoisotopic (exact) mass is 890 g/mol. The molecule has 0 aliphatic heterocycles. The van der Waals surface area contributed by atoms with Crippen molar-refractivity contribution in [1.82, 2.24) is 19.1 Å². The Morgan fingerprint density at radius 2 is 1.44 bits per heavy atom. The fourth-order valence-electron chi connectivity index (χ4n) is 7.05. The number of nitrogens with zero attached hydrogens (tertiary/aromatic N) is 5. The molecule has 0 N–H and O–H groups in total. The van der Waals surface area contributed by atoms with E-state index < -0.39 is 0 Å². The van der Waals surface area contributed by atoms with E-state index in [1.807, 2.05) is 29.0 Å². The van der Waals surface area contributed by atoms with Crippen LogP contribution in [0.1, 0.15) is 72.1 Å². The van der Waals surface area contributed by atoms with Crippen LogP contribution in [-0.2, 0) is 38.3 Å².